The Hall–Kier alpha value is -3.43. The van der Waals surface area contributed by atoms with Crippen LogP contribution in [-0.2, 0) is 9.59 Å². The predicted octanol–water partition coefficient (Wildman–Crippen LogP) is 3.49. The fourth-order valence-electron chi connectivity index (χ4n) is 2.60. The molecule has 0 unspecified atom stereocenters. The van der Waals surface area contributed by atoms with Gasteiger partial charge in [-0.3, -0.25) is 14.5 Å². The Balaban J connectivity index is 1.63. The second kappa shape index (κ2) is 9.38. The molecule has 152 valence electrons. The summed E-state index contributed by atoms with van der Waals surface area (Å²) >= 11 is 6.31. The molecule has 0 aromatic heterocycles. The fourth-order valence-corrected chi connectivity index (χ4v) is 3.80. The molecule has 9 heteroatoms. The van der Waals surface area contributed by atoms with Crippen molar-refractivity contribution in [1.29, 1.82) is 0 Å². The Morgan fingerprint density at radius 1 is 1.17 bits per heavy atom. The van der Waals surface area contributed by atoms with Crippen LogP contribution in [0.1, 0.15) is 15.9 Å². The minimum absolute atomic E-state index is 0.203. The van der Waals surface area contributed by atoms with Crippen LogP contribution in [0.15, 0.2) is 65.6 Å². The molecule has 1 aliphatic rings. The summed E-state index contributed by atoms with van der Waals surface area (Å²) in [6.45, 7) is -0.300. The van der Waals surface area contributed by atoms with Crippen molar-refractivity contribution in [3.63, 3.8) is 0 Å². The third-order valence-corrected chi connectivity index (χ3v) is 5.42. The number of carbonyl (C=O) groups excluding carboxylic acids is 2. The van der Waals surface area contributed by atoms with E-state index in [2.05, 4.69) is 5.32 Å². The highest BCUT2D eigenvalue weighted by atomic mass is 32.2. The summed E-state index contributed by atoms with van der Waals surface area (Å²) < 4.78 is 0.263. The molecule has 0 radical (unpaired) electrons. The normalized spacial score (nSPS) is 15.2. The number of rotatable bonds is 6. The van der Waals surface area contributed by atoms with Gasteiger partial charge in [0.2, 0.25) is 5.91 Å². The molecule has 2 aromatic rings. The predicted molar refractivity (Wildman–Crippen MR) is 119 cm³/mol. The van der Waals surface area contributed by atoms with E-state index in [1.807, 2.05) is 36.4 Å². The number of hydrogen-bond acceptors (Lipinski definition) is 6. The number of thioether (sulfide) groups is 1. The van der Waals surface area contributed by atoms with E-state index in [1.165, 1.54) is 17.0 Å². The highest BCUT2D eigenvalue weighted by Crippen LogP contribution is 2.31. The van der Waals surface area contributed by atoms with Crippen LogP contribution in [0.3, 0.4) is 0 Å². The second-order valence-corrected chi connectivity index (χ2v) is 7.82. The number of phenols is 1. The lowest BCUT2D eigenvalue weighted by atomic mass is 10.2. The van der Waals surface area contributed by atoms with E-state index in [0.29, 0.717) is 4.91 Å². The number of anilines is 1. The summed E-state index contributed by atoms with van der Waals surface area (Å²) in [5.41, 5.74) is 0.911. The summed E-state index contributed by atoms with van der Waals surface area (Å²) in [4.78, 5) is 37.4. The maximum absolute atomic E-state index is 12.6. The Morgan fingerprint density at radius 2 is 1.90 bits per heavy atom. The molecule has 3 N–H and O–H groups in total. The van der Waals surface area contributed by atoms with Gasteiger partial charge in [-0.25, -0.2) is 4.79 Å². The molecular formula is C21H16N2O5S2. The number of carboxylic acids is 1. The van der Waals surface area contributed by atoms with Gasteiger partial charge in [-0.1, -0.05) is 66.5 Å². The quantitative estimate of drug-likeness (QED) is 0.466. The number of benzene rings is 2. The zero-order chi connectivity index (χ0) is 21.7. The lowest BCUT2D eigenvalue weighted by Gasteiger charge is -2.14. The van der Waals surface area contributed by atoms with Crippen LogP contribution >= 0.6 is 24.0 Å². The van der Waals surface area contributed by atoms with Crippen LogP contribution in [0.4, 0.5) is 5.69 Å². The van der Waals surface area contributed by atoms with E-state index < -0.39 is 17.6 Å². The minimum Gasteiger partial charge on any atom is -0.507 e. The second-order valence-electron chi connectivity index (χ2n) is 6.15. The Labute approximate surface area is 181 Å². The Bertz CT molecular complexity index is 1080. The van der Waals surface area contributed by atoms with Gasteiger partial charge in [0, 0.05) is 11.8 Å². The van der Waals surface area contributed by atoms with Crippen LogP contribution in [-0.4, -0.2) is 43.8 Å². The minimum atomic E-state index is -1.28. The van der Waals surface area contributed by atoms with E-state index in [0.717, 1.165) is 23.4 Å². The first-order chi connectivity index (χ1) is 14.3. The average Bonchev–Trinajstić information content (AvgIpc) is 2.96. The molecule has 2 aromatic carbocycles. The Kier molecular flexibility index (Phi) is 6.65. The van der Waals surface area contributed by atoms with E-state index in [9.17, 15) is 19.5 Å². The van der Waals surface area contributed by atoms with E-state index >= 15 is 0 Å². The molecule has 3 rings (SSSR count). The maximum atomic E-state index is 12.6. The number of amides is 2. The van der Waals surface area contributed by atoms with Gasteiger partial charge in [0.25, 0.3) is 5.91 Å². The van der Waals surface area contributed by atoms with Crippen molar-refractivity contribution < 1.29 is 24.6 Å². The zero-order valence-electron chi connectivity index (χ0n) is 15.4. The standard InChI is InChI=1S/C21H16N2O5S2/c24-16-11-14(9-10-15(16)20(27)28)22-18(25)12-23-19(26)17(30-21(23)29)8-4-7-13-5-2-1-3-6-13/h1-11,24H,12H2,(H,22,25)(H,27,28). The van der Waals surface area contributed by atoms with Crippen LogP contribution < -0.4 is 5.32 Å². The Morgan fingerprint density at radius 3 is 2.57 bits per heavy atom. The lowest BCUT2D eigenvalue weighted by Crippen LogP contribution is -2.36. The average molecular weight is 441 g/mol. The van der Waals surface area contributed by atoms with Crippen LogP contribution in [0.2, 0.25) is 0 Å². The van der Waals surface area contributed by atoms with Crippen molar-refractivity contribution in [2.24, 2.45) is 0 Å². The van der Waals surface area contributed by atoms with Crippen LogP contribution in [0.25, 0.3) is 6.08 Å². The van der Waals surface area contributed by atoms with Gasteiger partial charge in [-0.05, 0) is 23.8 Å². The third kappa shape index (κ3) is 5.13. The van der Waals surface area contributed by atoms with Gasteiger partial charge < -0.3 is 15.5 Å². The molecule has 30 heavy (non-hydrogen) atoms. The summed E-state index contributed by atoms with van der Waals surface area (Å²) in [5, 5.41) is 21.1. The topological polar surface area (TPSA) is 107 Å². The number of aromatic hydroxyl groups is 1. The summed E-state index contributed by atoms with van der Waals surface area (Å²) in [7, 11) is 0. The summed E-state index contributed by atoms with van der Waals surface area (Å²) in [6.07, 6.45) is 5.24. The third-order valence-electron chi connectivity index (χ3n) is 4.02. The largest absolute Gasteiger partial charge is 0.507 e. The zero-order valence-corrected chi connectivity index (χ0v) is 17.1. The molecule has 1 aliphatic heterocycles. The number of hydrogen-bond donors (Lipinski definition) is 3. The van der Waals surface area contributed by atoms with Gasteiger partial charge in [-0.15, -0.1) is 0 Å². The molecule has 1 heterocycles. The molecule has 7 nitrogen and oxygen atoms in total. The van der Waals surface area contributed by atoms with Crippen molar-refractivity contribution in [3.05, 3.63) is 76.7 Å². The van der Waals surface area contributed by atoms with E-state index in [4.69, 9.17) is 17.3 Å². The van der Waals surface area contributed by atoms with Crippen molar-refractivity contribution in [2.75, 3.05) is 11.9 Å². The summed E-state index contributed by atoms with van der Waals surface area (Å²) in [5.74, 6) is -2.66. The van der Waals surface area contributed by atoms with Gasteiger partial charge in [0.05, 0.1) is 4.91 Å². The maximum Gasteiger partial charge on any atom is 0.339 e. The lowest BCUT2D eigenvalue weighted by molar-refractivity contribution is -0.126. The van der Waals surface area contributed by atoms with Gasteiger partial charge in [-0.2, -0.15) is 0 Å². The van der Waals surface area contributed by atoms with Gasteiger partial charge in [0.1, 0.15) is 22.2 Å². The monoisotopic (exact) mass is 440 g/mol. The first kappa shape index (κ1) is 21.3. The molecule has 0 atom stereocenters. The number of nitrogens with one attached hydrogen (secondary N) is 1. The number of carboxylic acid groups (broad SMARTS) is 1. The molecule has 2 amide bonds. The smallest absolute Gasteiger partial charge is 0.339 e. The van der Waals surface area contributed by atoms with Crippen molar-refractivity contribution in [2.45, 2.75) is 0 Å². The number of allylic oxidation sites excluding steroid dienone is 2. The summed E-state index contributed by atoms with van der Waals surface area (Å²) in [6, 6.07) is 13.2. The van der Waals surface area contributed by atoms with Gasteiger partial charge >= 0.3 is 5.97 Å². The van der Waals surface area contributed by atoms with Crippen molar-refractivity contribution >= 4 is 57.8 Å². The van der Waals surface area contributed by atoms with Crippen LogP contribution in [0, 0.1) is 0 Å². The van der Waals surface area contributed by atoms with E-state index in [-0.39, 0.29) is 28.0 Å². The first-order valence-corrected chi connectivity index (χ1v) is 9.91. The number of carbonyl (C=O) groups is 3. The molecule has 1 saturated heterocycles. The molecular weight excluding hydrogens is 424 g/mol. The molecule has 0 saturated carbocycles. The van der Waals surface area contributed by atoms with Crippen molar-refractivity contribution in [1.82, 2.24) is 4.90 Å². The molecule has 1 fully saturated rings. The van der Waals surface area contributed by atoms with E-state index in [1.54, 1.807) is 12.2 Å². The number of thiocarbonyl (C=S) groups is 1. The highest BCUT2D eigenvalue weighted by Gasteiger charge is 2.33. The van der Waals surface area contributed by atoms with Crippen molar-refractivity contribution in [3.8, 4) is 5.75 Å². The molecule has 0 spiro atoms. The number of nitrogens with zero attached hydrogens (tertiary/aromatic N) is 1. The van der Waals surface area contributed by atoms with Crippen LogP contribution in [0.5, 0.6) is 5.75 Å². The molecule has 0 aliphatic carbocycles. The first-order valence-electron chi connectivity index (χ1n) is 8.68. The SMILES string of the molecule is O=C(CN1C(=O)C(=CC=Cc2ccccc2)SC1=S)Nc1ccc(C(=O)O)c(O)c1. The number of aromatic carboxylic acids is 1. The highest BCUT2D eigenvalue weighted by molar-refractivity contribution is 8.26. The fraction of sp³-hybridized carbons (Fsp3) is 0.0476. The molecule has 0 bridgehead atoms. The van der Waals surface area contributed by atoms with Gasteiger partial charge in [0.15, 0.2) is 0 Å².